The summed E-state index contributed by atoms with van der Waals surface area (Å²) >= 11 is 0. The number of aliphatic hydroxyl groups excluding tert-OH is 1. The van der Waals surface area contributed by atoms with Crippen molar-refractivity contribution in [2.45, 2.75) is 13.0 Å². The molecule has 3 N–H and O–H groups in total. The van der Waals surface area contributed by atoms with Crippen LogP contribution in [0.25, 0.3) is 6.08 Å². The molecular weight excluding hydrogens is 178 g/mol. The van der Waals surface area contributed by atoms with E-state index in [9.17, 15) is 4.79 Å². The lowest BCUT2D eigenvalue weighted by Gasteiger charge is -1.98. The maximum absolute atomic E-state index is 10.5. The summed E-state index contributed by atoms with van der Waals surface area (Å²) in [7, 11) is 0. The molecule has 1 rings (SSSR count). The molecule has 1 aromatic carbocycles. The minimum absolute atomic E-state index is 0.742. The van der Waals surface area contributed by atoms with E-state index in [0.717, 1.165) is 11.1 Å². The van der Waals surface area contributed by atoms with Crippen molar-refractivity contribution in [2.75, 3.05) is 0 Å². The number of nitrogens with two attached hydrogens (primary N) is 1. The molecular formula is C11H13NO2. The van der Waals surface area contributed by atoms with Gasteiger partial charge in [0.15, 0.2) is 6.10 Å². The van der Waals surface area contributed by atoms with E-state index < -0.39 is 12.0 Å². The summed E-state index contributed by atoms with van der Waals surface area (Å²) < 4.78 is 0. The Morgan fingerprint density at radius 3 is 2.50 bits per heavy atom. The van der Waals surface area contributed by atoms with E-state index in [1.165, 1.54) is 6.08 Å². The highest BCUT2D eigenvalue weighted by Gasteiger charge is 2.04. The highest BCUT2D eigenvalue weighted by Crippen LogP contribution is 2.05. The monoisotopic (exact) mass is 191 g/mol. The second-order valence-corrected chi connectivity index (χ2v) is 3.12. The van der Waals surface area contributed by atoms with Crippen LogP contribution >= 0.6 is 0 Å². The van der Waals surface area contributed by atoms with Crippen LogP contribution in [0.1, 0.15) is 11.1 Å². The number of carbonyl (C=O) groups excluding carboxylic acids is 1. The second kappa shape index (κ2) is 4.58. The Hall–Kier alpha value is -1.61. The summed E-state index contributed by atoms with van der Waals surface area (Å²) in [6.07, 6.45) is 1.82. The summed E-state index contributed by atoms with van der Waals surface area (Å²) in [5.41, 5.74) is 6.98. The number of aliphatic hydroxyl groups is 1. The number of primary amides is 1. The van der Waals surface area contributed by atoms with E-state index in [0.29, 0.717) is 0 Å². The predicted octanol–water partition coefficient (Wildman–Crippen LogP) is 0.854. The number of hydrogen-bond acceptors (Lipinski definition) is 2. The molecule has 1 atom stereocenters. The third kappa shape index (κ3) is 3.03. The maximum Gasteiger partial charge on any atom is 0.250 e. The second-order valence-electron chi connectivity index (χ2n) is 3.12. The standard InChI is InChI=1S/C11H13NO2/c1-8-2-4-9(5-3-8)6-7-10(13)11(12)14/h2-7,10,13H,1H3,(H2,12,14)/b7-6+. The minimum Gasteiger partial charge on any atom is -0.379 e. The van der Waals surface area contributed by atoms with Gasteiger partial charge in [0.1, 0.15) is 0 Å². The van der Waals surface area contributed by atoms with Gasteiger partial charge in [0.25, 0.3) is 0 Å². The van der Waals surface area contributed by atoms with Gasteiger partial charge in [-0.1, -0.05) is 35.9 Å². The predicted molar refractivity (Wildman–Crippen MR) is 55.4 cm³/mol. The van der Waals surface area contributed by atoms with E-state index in [-0.39, 0.29) is 0 Å². The van der Waals surface area contributed by atoms with E-state index >= 15 is 0 Å². The van der Waals surface area contributed by atoms with Crippen LogP contribution in [0.5, 0.6) is 0 Å². The molecule has 0 aliphatic heterocycles. The SMILES string of the molecule is Cc1ccc(/C=C/C(O)C(N)=O)cc1. The van der Waals surface area contributed by atoms with Crippen LogP contribution in [-0.2, 0) is 4.79 Å². The van der Waals surface area contributed by atoms with Gasteiger partial charge in [-0.2, -0.15) is 0 Å². The third-order valence-corrected chi connectivity index (χ3v) is 1.84. The lowest BCUT2D eigenvalue weighted by atomic mass is 10.1. The van der Waals surface area contributed by atoms with Crippen LogP contribution in [-0.4, -0.2) is 17.1 Å². The van der Waals surface area contributed by atoms with Gasteiger partial charge in [0, 0.05) is 0 Å². The van der Waals surface area contributed by atoms with Gasteiger partial charge in [-0.25, -0.2) is 0 Å². The fourth-order valence-electron chi connectivity index (χ4n) is 0.975. The highest BCUT2D eigenvalue weighted by atomic mass is 16.3. The fraction of sp³-hybridized carbons (Fsp3) is 0.182. The van der Waals surface area contributed by atoms with Crippen molar-refractivity contribution < 1.29 is 9.90 Å². The van der Waals surface area contributed by atoms with Crippen molar-refractivity contribution in [3.05, 3.63) is 41.5 Å². The Balaban J connectivity index is 2.69. The smallest absolute Gasteiger partial charge is 0.250 e. The average molecular weight is 191 g/mol. The molecule has 0 fully saturated rings. The third-order valence-electron chi connectivity index (χ3n) is 1.84. The first-order valence-corrected chi connectivity index (χ1v) is 4.32. The molecule has 0 aromatic heterocycles. The molecule has 1 unspecified atom stereocenters. The summed E-state index contributed by atoms with van der Waals surface area (Å²) in [6.45, 7) is 1.99. The van der Waals surface area contributed by atoms with Crippen LogP contribution < -0.4 is 5.73 Å². The Labute approximate surface area is 82.9 Å². The first-order valence-electron chi connectivity index (χ1n) is 4.32. The zero-order valence-electron chi connectivity index (χ0n) is 7.97. The van der Waals surface area contributed by atoms with Crippen LogP contribution in [0.4, 0.5) is 0 Å². The van der Waals surface area contributed by atoms with Gasteiger partial charge in [0.2, 0.25) is 5.91 Å². The van der Waals surface area contributed by atoms with Crippen molar-refractivity contribution in [2.24, 2.45) is 5.73 Å². The molecule has 0 saturated heterocycles. The number of benzene rings is 1. The lowest BCUT2D eigenvalue weighted by Crippen LogP contribution is -2.25. The first kappa shape index (κ1) is 10.5. The van der Waals surface area contributed by atoms with Gasteiger partial charge >= 0.3 is 0 Å². The van der Waals surface area contributed by atoms with E-state index in [1.807, 2.05) is 31.2 Å². The van der Waals surface area contributed by atoms with Crippen molar-refractivity contribution in [1.29, 1.82) is 0 Å². The number of hydrogen-bond donors (Lipinski definition) is 2. The van der Waals surface area contributed by atoms with Gasteiger partial charge in [-0.3, -0.25) is 4.79 Å². The molecule has 74 valence electrons. The van der Waals surface area contributed by atoms with Gasteiger partial charge in [-0.05, 0) is 18.6 Å². The van der Waals surface area contributed by atoms with Crippen LogP contribution in [0, 0.1) is 6.92 Å². The summed E-state index contributed by atoms with van der Waals surface area (Å²) in [5.74, 6) is -0.742. The number of aryl methyl sites for hydroxylation is 1. The molecule has 3 heteroatoms. The Kier molecular flexibility index (Phi) is 3.42. The van der Waals surface area contributed by atoms with Crippen LogP contribution in [0.3, 0.4) is 0 Å². The van der Waals surface area contributed by atoms with E-state index in [2.05, 4.69) is 0 Å². The molecule has 1 amide bonds. The van der Waals surface area contributed by atoms with Crippen LogP contribution in [0.15, 0.2) is 30.3 Å². The summed E-state index contributed by atoms with van der Waals surface area (Å²) in [4.78, 5) is 10.5. The minimum atomic E-state index is -1.21. The highest BCUT2D eigenvalue weighted by molar-refractivity contribution is 5.81. The molecule has 3 nitrogen and oxygen atoms in total. The molecule has 0 saturated carbocycles. The van der Waals surface area contributed by atoms with Crippen molar-refractivity contribution in [1.82, 2.24) is 0 Å². The Bertz CT molecular complexity index is 341. The van der Waals surface area contributed by atoms with E-state index in [1.54, 1.807) is 6.08 Å². The largest absolute Gasteiger partial charge is 0.379 e. The zero-order chi connectivity index (χ0) is 10.6. The first-order chi connectivity index (χ1) is 6.59. The number of rotatable bonds is 3. The number of carbonyl (C=O) groups is 1. The molecule has 0 bridgehead atoms. The van der Waals surface area contributed by atoms with E-state index in [4.69, 9.17) is 10.8 Å². The number of amides is 1. The molecule has 14 heavy (non-hydrogen) atoms. The van der Waals surface area contributed by atoms with Crippen molar-refractivity contribution >= 4 is 12.0 Å². The molecule has 0 radical (unpaired) electrons. The lowest BCUT2D eigenvalue weighted by molar-refractivity contribution is -0.123. The topological polar surface area (TPSA) is 63.3 Å². The molecule has 1 aromatic rings. The summed E-state index contributed by atoms with van der Waals surface area (Å²) in [6, 6.07) is 7.71. The average Bonchev–Trinajstić information content (AvgIpc) is 2.16. The summed E-state index contributed by atoms with van der Waals surface area (Å²) in [5, 5.41) is 9.08. The Morgan fingerprint density at radius 2 is 2.00 bits per heavy atom. The molecule has 0 heterocycles. The quantitative estimate of drug-likeness (QED) is 0.744. The Morgan fingerprint density at radius 1 is 1.43 bits per heavy atom. The molecule has 0 aliphatic rings. The fourth-order valence-corrected chi connectivity index (χ4v) is 0.975. The zero-order valence-corrected chi connectivity index (χ0v) is 7.97. The van der Waals surface area contributed by atoms with Gasteiger partial charge < -0.3 is 10.8 Å². The van der Waals surface area contributed by atoms with Gasteiger partial charge in [-0.15, -0.1) is 0 Å². The maximum atomic E-state index is 10.5. The van der Waals surface area contributed by atoms with Gasteiger partial charge in [0.05, 0.1) is 0 Å². The molecule has 0 spiro atoms. The van der Waals surface area contributed by atoms with Crippen LogP contribution in [0.2, 0.25) is 0 Å². The van der Waals surface area contributed by atoms with Crippen molar-refractivity contribution in [3.63, 3.8) is 0 Å². The van der Waals surface area contributed by atoms with Crippen molar-refractivity contribution in [3.8, 4) is 0 Å². The molecule has 0 aliphatic carbocycles. The normalized spacial score (nSPS) is 13.0.